The molecule has 0 saturated carbocycles. The molecule has 6 nitrogen and oxygen atoms in total. The molecule has 0 bridgehead atoms. The zero-order valence-electron chi connectivity index (χ0n) is 21.6. The van der Waals surface area contributed by atoms with Crippen LogP contribution in [0, 0.1) is 6.92 Å². The summed E-state index contributed by atoms with van der Waals surface area (Å²) in [6.07, 6.45) is -3.25. The highest BCUT2D eigenvalue weighted by atomic mass is 19.3. The molecule has 0 unspecified atom stereocenters. The van der Waals surface area contributed by atoms with Crippen molar-refractivity contribution in [3.63, 3.8) is 0 Å². The summed E-state index contributed by atoms with van der Waals surface area (Å²) < 4.78 is 30.7. The average molecular weight is 520 g/mol. The third kappa shape index (κ3) is 5.86. The van der Waals surface area contributed by atoms with Gasteiger partial charge in [0, 0.05) is 63.9 Å². The maximum absolute atomic E-state index is 13.3. The Morgan fingerprint density at radius 2 is 1.58 bits per heavy atom. The molecule has 0 radical (unpaired) electrons. The molecule has 0 atom stereocenters. The number of aryl methyl sites for hydroxylation is 1. The molecule has 3 aromatic rings. The van der Waals surface area contributed by atoms with Gasteiger partial charge in [-0.25, -0.2) is 0 Å². The Labute approximate surface area is 221 Å². The number of hydrogen-bond acceptors (Lipinski definition) is 4. The van der Waals surface area contributed by atoms with E-state index in [4.69, 9.17) is 0 Å². The van der Waals surface area contributed by atoms with Crippen LogP contribution in [0.4, 0.5) is 8.78 Å². The molecule has 3 aromatic carbocycles. The van der Waals surface area contributed by atoms with E-state index in [1.165, 1.54) is 17.7 Å². The summed E-state index contributed by atoms with van der Waals surface area (Å²) in [5.41, 5.74) is 4.94. The molecule has 2 amide bonds. The van der Waals surface area contributed by atoms with Crippen molar-refractivity contribution < 1.29 is 23.1 Å². The third-order valence-electron chi connectivity index (χ3n) is 7.03. The standard InChI is InChI=1S/C30H31F2N3O3/c1-21-16-24(28(36)34-14-12-33(13-15-34)18-22-6-4-3-5-7-22)17-25-20-35(29(37)27(21)25)19-23-8-10-26(11-9-23)38-30(2,31)32/h3-11,16-17H,12-15,18-20H2,1-2H3. The van der Waals surface area contributed by atoms with Gasteiger partial charge in [-0.3, -0.25) is 14.5 Å². The number of benzene rings is 3. The number of nitrogens with zero attached hydrogens (tertiary/aromatic N) is 3. The molecule has 8 heteroatoms. The van der Waals surface area contributed by atoms with Crippen LogP contribution in [0.1, 0.15) is 49.9 Å². The van der Waals surface area contributed by atoms with Gasteiger partial charge in [0.05, 0.1) is 0 Å². The topological polar surface area (TPSA) is 53.1 Å². The van der Waals surface area contributed by atoms with E-state index in [2.05, 4.69) is 21.8 Å². The number of rotatable bonds is 7. The van der Waals surface area contributed by atoms with Gasteiger partial charge in [0.2, 0.25) is 0 Å². The molecular weight excluding hydrogens is 488 g/mol. The van der Waals surface area contributed by atoms with Crippen molar-refractivity contribution in [2.75, 3.05) is 26.2 Å². The van der Waals surface area contributed by atoms with Crippen LogP contribution in [-0.2, 0) is 19.6 Å². The van der Waals surface area contributed by atoms with Gasteiger partial charge in [0.1, 0.15) is 5.75 Å². The number of carbonyl (C=O) groups is 2. The first-order chi connectivity index (χ1) is 18.2. The first-order valence-corrected chi connectivity index (χ1v) is 12.8. The second-order valence-corrected chi connectivity index (χ2v) is 10.1. The maximum Gasteiger partial charge on any atom is 0.394 e. The third-order valence-corrected chi connectivity index (χ3v) is 7.03. The summed E-state index contributed by atoms with van der Waals surface area (Å²) in [5.74, 6) is -0.0342. The summed E-state index contributed by atoms with van der Waals surface area (Å²) in [4.78, 5) is 32.4. The fourth-order valence-corrected chi connectivity index (χ4v) is 5.20. The normalized spacial score (nSPS) is 16.1. The highest BCUT2D eigenvalue weighted by Gasteiger charge is 2.31. The number of amides is 2. The molecule has 0 aromatic heterocycles. The maximum atomic E-state index is 13.3. The molecule has 1 saturated heterocycles. The summed E-state index contributed by atoms with van der Waals surface area (Å²) in [6.45, 7) is 7.12. The Bertz CT molecular complexity index is 1320. The molecule has 2 aliphatic rings. The summed E-state index contributed by atoms with van der Waals surface area (Å²) in [5, 5.41) is 0. The van der Waals surface area contributed by atoms with E-state index in [-0.39, 0.29) is 17.6 Å². The van der Waals surface area contributed by atoms with Crippen molar-refractivity contribution in [2.45, 2.75) is 39.6 Å². The van der Waals surface area contributed by atoms with Crippen LogP contribution in [0.25, 0.3) is 0 Å². The lowest BCUT2D eigenvalue weighted by Gasteiger charge is -2.35. The number of hydrogen-bond donors (Lipinski definition) is 0. The number of piperazine rings is 1. The van der Waals surface area contributed by atoms with Crippen molar-refractivity contribution in [2.24, 2.45) is 0 Å². The fourth-order valence-electron chi connectivity index (χ4n) is 5.20. The van der Waals surface area contributed by atoms with E-state index in [1.807, 2.05) is 42.2 Å². The van der Waals surface area contributed by atoms with E-state index in [0.717, 1.165) is 36.3 Å². The smallest absolute Gasteiger partial charge is 0.394 e. The highest BCUT2D eigenvalue weighted by molar-refractivity contribution is 6.02. The lowest BCUT2D eigenvalue weighted by molar-refractivity contribution is -0.158. The van der Waals surface area contributed by atoms with Gasteiger partial charge in [0.25, 0.3) is 11.8 Å². The van der Waals surface area contributed by atoms with Crippen molar-refractivity contribution >= 4 is 11.8 Å². The van der Waals surface area contributed by atoms with Gasteiger partial charge in [-0.05, 0) is 53.4 Å². The predicted molar refractivity (Wildman–Crippen MR) is 140 cm³/mol. The van der Waals surface area contributed by atoms with Gasteiger partial charge in [-0.2, -0.15) is 8.78 Å². The molecule has 198 valence electrons. The zero-order chi connectivity index (χ0) is 26.9. The predicted octanol–water partition coefficient (Wildman–Crippen LogP) is 5.10. The van der Waals surface area contributed by atoms with Crippen LogP contribution in [0.2, 0.25) is 0 Å². The second kappa shape index (κ2) is 10.5. The minimum Gasteiger partial charge on any atom is -0.433 e. The minimum atomic E-state index is -3.25. The Hall–Kier alpha value is -3.78. The first-order valence-electron chi connectivity index (χ1n) is 12.8. The van der Waals surface area contributed by atoms with Crippen LogP contribution in [0.3, 0.4) is 0 Å². The van der Waals surface area contributed by atoms with Crippen LogP contribution >= 0.6 is 0 Å². The Morgan fingerprint density at radius 1 is 0.921 bits per heavy atom. The quantitative estimate of drug-likeness (QED) is 0.436. The van der Waals surface area contributed by atoms with E-state index in [1.54, 1.807) is 17.0 Å². The van der Waals surface area contributed by atoms with Crippen molar-refractivity contribution in [3.05, 3.63) is 100 Å². The highest BCUT2D eigenvalue weighted by Crippen LogP contribution is 2.30. The lowest BCUT2D eigenvalue weighted by Crippen LogP contribution is -2.48. The Balaban J connectivity index is 1.22. The molecule has 1 fully saturated rings. The summed E-state index contributed by atoms with van der Waals surface area (Å²) in [7, 11) is 0. The monoisotopic (exact) mass is 519 g/mol. The molecule has 2 heterocycles. The molecule has 0 N–H and O–H groups in total. The fraction of sp³-hybridized carbons (Fsp3) is 0.333. The van der Waals surface area contributed by atoms with Gasteiger partial charge in [0.15, 0.2) is 0 Å². The minimum absolute atomic E-state index is 0.00975. The molecule has 2 aliphatic heterocycles. The largest absolute Gasteiger partial charge is 0.433 e. The van der Waals surface area contributed by atoms with Crippen LogP contribution < -0.4 is 4.74 Å². The van der Waals surface area contributed by atoms with Crippen LogP contribution in [-0.4, -0.2) is 58.8 Å². The zero-order valence-corrected chi connectivity index (χ0v) is 21.6. The second-order valence-electron chi connectivity index (χ2n) is 10.1. The molecule has 38 heavy (non-hydrogen) atoms. The van der Waals surface area contributed by atoms with Gasteiger partial charge >= 0.3 is 6.11 Å². The average Bonchev–Trinajstić information content (AvgIpc) is 3.20. The first kappa shape index (κ1) is 25.9. The Morgan fingerprint density at radius 3 is 2.24 bits per heavy atom. The molecule has 0 aliphatic carbocycles. The van der Waals surface area contributed by atoms with Gasteiger partial charge in [-0.1, -0.05) is 42.5 Å². The van der Waals surface area contributed by atoms with E-state index >= 15 is 0 Å². The van der Waals surface area contributed by atoms with Gasteiger partial charge in [-0.15, -0.1) is 0 Å². The Kier molecular flexibility index (Phi) is 7.17. The van der Waals surface area contributed by atoms with Crippen molar-refractivity contribution in [1.29, 1.82) is 0 Å². The van der Waals surface area contributed by atoms with E-state index in [9.17, 15) is 18.4 Å². The molecular formula is C30H31F2N3O3. The molecule has 5 rings (SSSR count). The van der Waals surface area contributed by atoms with Crippen molar-refractivity contribution in [1.82, 2.24) is 14.7 Å². The number of ether oxygens (including phenoxy) is 1. The number of alkyl halides is 2. The summed E-state index contributed by atoms with van der Waals surface area (Å²) >= 11 is 0. The van der Waals surface area contributed by atoms with Crippen LogP contribution in [0.5, 0.6) is 5.75 Å². The van der Waals surface area contributed by atoms with E-state index in [0.29, 0.717) is 44.2 Å². The lowest BCUT2D eigenvalue weighted by atomic mass is 9.99. The summed E-state index contributed by atoms with van der Waals surface area (Å²) in [6, 6.07) is 20.3. The van der Waals surface area contributed by atoms with Crippen LogP contribution in [0.15, 0.2) is 66.7 Å². The SMILES string of the molecule is Cc1cc(C(=O)N2CCN(Cc3ccccc3)CC2)cc2c1C(=O)N(Cc1ccc(OC(C)(F)F)cc1)C2. The number of carbonyl (C=O) groups excluding carboxylic acids is 2. The number of halogens is 2. The van der Waals surface area contributed by atoms with Gasteiger partial charge < -0.3 is 14.5 Å². The van der Waals surface area contributed by atoms with E-state index < -0.39 is 6.11 Å². The molecule has 0 spiro atoms. The van der Waals surface area contributed by atoms with Crippen molar-refractivity contribution in [3.8, 4) is 5.75 Å². The number of fused-ring (bicyclic) bond motifs is 1.